The molecule has 0 unspecified atom stereocenters. The van der Waals surface area contributed by atoms with Crippen LogP contribution in [-0.4, -0.2) is 42.5 Å². The summed E-state index contributed by atoms with van der Waals surface area (Å²) in [6.07, 6.45) is 0. The van der Waals surface area contributed by atoms with Crippen LogP contribution in [-0.2, 0) is 0 Å². The molecule has 2 aromatic heterocycles. The van der Waals surface area contributed by atoms with Gasteiger partial charge in [-0.1, -0.05) is 13.8 Å². The first-order valence-corrected chi connectivity index (χ1v) is 10.5. The van der Waals surface area contributed by atoms with E-state index in [1.807, 2.05) is 18.2 Å². The number of fused-ring (bicyclic) bond motifs is 1. The van der Waals surface area contributed by atoms with Crippen LogP contribution in [0.4, 0.5) is 0 Å². The van der Waals surface area contributed by atoms with Crippen molar-refractivity contribution >= 4 is 10.9 Å². The largest absolute Gasteiger partial charge is 0.493 e. The third-order valence-electron chi connectivity index (χ3n) is 5.91. The van der Waals surface area contributed by atoms with E-state index in [9.17, 15) is 0 Å². The molecule has 1 fully saturated rings. The van der Waals surface area contributed by atoms with Gasteiger partial charge in [0.2, 0.25) is 11.8 Å². The predicted molar refractivity (Wildman–Crippen MR) is 120 cm³/mol. The van der Waals surface area contributed by atoms with Crippen molar-refractivity contribution in [2.24, 2.45) is 0 Å². The van der Waals surface area contributed by atoms with Crippen LogP contribution in [0.15, 0.2) is 40.8 Å². The van der Waals surface area contributed by atoms with Gasteiger partial charge >= 0.3 is 0 Å². The molecule has 0 spiro atoms. The lowest BCUT2D eigenvalue weighted by Crippen LogP contribution is -2.40. The van der Waals surface area contributed by atoms with Crippen LogP contribution in [0, 0.1) is 0 Å². The number of rotatable bonds is 6. The summed E-state index contributed by atoms with van der Waals surface area (Å²) in [5, 5.41) is 12.9. The molecule has 160 valence electrons. The van der Waals surface area contributed by atoms with Crippen molar-refractivity contribution in [3.05, 3.63) is 47.9 Å². The number of hydrogen-bond donors (Lipinski definition) is 2. The smallest absolute Gasteiger partial charge is 0.247 e. The summed E-state index contributed by atoms with van der Waals surface area (Å²) in [6.45, 7) is 6.19. The minimum atomic E-state index is 0.311. The predicted octanol–water partition coefficient (Wildman–Crippen LogP) is 4.71. The van der Waals surface area contributed by atoms with E-state index < -0.39 is 0 Å². The van der Waals surface area contributed by atoms with Gasteiger partial charge in [-0.25, -0.2) is 0 Å². The van der Waals surface area contributed by atoms with Crippen molar-refractivity contribution in [2.45, 2.75) is 25.7 Å². The number of H-pyrrole nitrogens is 1. The summed E-state index contributed by atoms with van der Waals surface area (Å²) >= 11 is 0. The van der Waals surface area contributed by atoms with Gasteiger partial charge in [-0.3, -0.25) is 0 Å². The van der Waals surface area contributed by atoms with E-state index in [0.29, 0.717) is 35.1 Å². The molecule has 5 rings (SSSR count). The number of nitrogens with one attached hydrogen (secondary N) is 2. The van der Waals surface area contributed by atoms with Gasteiger partial charge in [0.15, 0.2) is 11.5 Å². The second-order valence-corrected chi connectivity index (χ2v) is 8.20. The van der Waals surface area contributed by atoms with Crippen molar-refractivity contribution in [1.82, 2.24) is 20.5 Å². The van der Waals surface area contributed by atoms with Gasteiger partial charge in [-0.2, -0.15) is 0 Å². The Labute approximate surface area is 180 Å². The normalized spacial score (nSPS) is 14.2. The second-order valence-electron chi connectivity index (χ2n) is 8.20. The Balaban J connectivity index is 1.60. The minimum absolute atomic E-state index is 0.311. The highest BCUT2D eigenvalue weighted by Gasteiger charge is 2.25. The zero-order valence-electron chi connectivity index (χ0n) is 18.2. The van der Waals surface area contributed by atoms with E-state index in [1.165, 1.54) is 5.56 Å². The summed E-state index contributed by atoms with van der Waals surface area (Å²) in [5.74, 6) is 3.32. The highest BCUT2D eigenvalue weighted by molar-refractivity contribution is 5.94. The number of aromatic nitrogens is 3. The van der Waals surface area contributed by atoms with Crippen LogP contribution in [0.25, 0.3) is 33.6 Å². The van der Waals surface area contributed by atoms with E-state index in [4.69, 9.17) is 13.9 Å². The molecule has 0 bridgehead atoms. The Hall–Kier alpha value is -3.32. The third kappa shape index (κ3) is 3.35. The lowest BCUT2D eigenvalue weighted by Gasteiger charge is -2.22. The summed E-state index contributed by atoms with van der Waals surface area (Å²) in [7, 11) is 3.30. The zero-order chi connectivity index (χ0) is 21.5. The monoisotopic (exact) mass is 418 g/mol. The molecule has 1 aliphatic rings. The molecule has 3 heterocycles. The fourth-order valence-corrected chi connectivity index (χ4v) is 4.14. The molecule has 1 aliphatic heterocycles. The fraction of sp³-hybridized carbons (Fsp3) is 0.333. The molecular weight excluding hydrogens is 392 g/mol. The SMILES string of the molecule is COc1ccc(-c2[nH]c3ccc(-c4nnc(C5CNC5)o4)cc3c2C(C)C)cc1OC. The van der Waals surface area contributed by atoms with Gasteiger partial charge in [0.05, 0.1) is 25.8 Å². The molecule has 0 aliphatic carbocycles. The summed E-state index contributed by atoms with van der Waals surface area (Å²) in [4.78, 5) is 3.60. The molecule has 31 heavy (non-hydrogen) atoms. The summed E-state index contributed by atoms with van der Waals surface area (Å²) in [6, 6.07) is 12.2. The second kappa shape index (κ2) is 7.74. The maximum absolute atomic E-state index is 5.97. The maximum Gasteiger partial charge on any atom is 0.247 e. The lowest BCUT2D eigenvalue weighted by molar-refractivity contribution is 0.355. The topological polar surface area (TPSA) is 85.2 Å². The number of nitrogens with zero attached hydrogens (tertiary/aromatic N) is 2. The zero-order valence-corrected chi connectivity index (χ0v) is 18.2. The fourth-order valence-electron chi connectivity index (χ4n) is 4.14. The Bertz CT molecular complexity index is 1240. The van der Waals surface area contributed by atoms with Crippen LogP contribution in [0.5, 0.6) is 11.5 Å². The Kier molecular flexibility index (Phi) is 4.90. The highest BCUT2D eigenvalue weighted by atomic mass is 16.5. The minimum Gasteiger partial charge on any atom is -0.493 e. The Morgan fingerprint density at radius 2 is 1.74 bits per heavy atom. The van der Waals surface area contributed by atoms with Crippen molar-refractivity contribution < 1.29 is 13.9 Å². The maximum atomic E-state index is 5.97. The molecule has 2 N–H and O–H groups in total. The molecule has 4 aromatic rings. The molecule has 1 saturated heterocycles. The standard InChI is InChI=1S/C24H26N4O3/c1-13(2)21-17-9-15(23-27-28-24(31-23)16-11-25-12-16)5-7-18(17)26-22(21)14-6-8-19(29-3)20(10-14)30-4/h5-10,13,16,25-26H,11-12H2,1-4H3. The first-order chi connectivity index (χ1) is 15.1. The molecule has 0 amide bonds. The van der Waals surface area contributed by atoms with Gasteiger partial charge in [0.25, 0.3) is 0 Å². The van der Waals surface area contributed by atoms with E-state index in [2.05, 4.69) is 52.5 Å². The van der Waals surface area contributed by atoms with E-state index in [0.717, 1.165) is 40.8 Å². The number of methoxy groups -OCH3 is 2. The van der Waals surface area contributed by atoms with Crippen molar-refractivity contribution in [2.75, 3.05) is 27.3 Å². The average Bonchev–Trinajstić information content (AvgIpc) is 3.36. The van der Waals surface area contributed by atoms with Gasteiger partial charge in [0.1, 0.15) is 0 Å². The number of aromatic amines is 1. The lowest BCUT2D eigenvalue weighted by atomic mass is 9.95. The molecule has 7 nitrogen and oxygen atoms in total. The van der Waals surface area contributed by atoms with Crippen LogP contribution in [0.2, 0.25) is 0 Å². The van der Waals surface area contributed by atoms with Gasteiger partial charge in [-0.05, 0) is 47.9 Å². The Morgan fingerprint density at radius 1 is 0.968 bits per heavy atom. The van der Waals surface area contributed by atoms with Gasteiger partial charge < -0.3 is 24.2 Å². The van der Waals surface area contributed by atoms with Crippen LogP contribution >= 0.6 is 0 Å². The quantitative estimate of drug-likeness (QED) is 0.472. The number of benzene rings is 2. The van der Waals surface area contributed by atoms with Crippen LogP contribution in [0.3, 0.4) is 0 Å². The molecule has 0 radical (unpaired) electrons. The van der Waals surface area contributed by atoms with Crippen molar-refractivity contribution in [3.63, 3.8) is 0 Å². The summed E-state index contributed by atoms with van der Waals surface area (Å²) < 4.78 is 16.9. The van der Waals surface area contributed by atoms with Crippen molar-refractivity contribution in [1.29, 1.82) is 0 Å². The first-order valence-electron chi connectivity index (χ1n) is 10.5. The Morgan fingerprint density at radius 3 is 2.42 bits per heavy atom. The van der Waals surface area contributed by atoms with Crippen molar-refractivity contribution in [3.8, 4) is 34.2 Å². The molecule has 2 aromatic carbocycles. The average molecular weight is 418 g/mol. The van der Waals surface area contributed by atoms with Crippen LogP contribution in [0.1, 0.15) is 37.1 Å². The van der Waals surface area contributed by atoms with E-state index >= 15 is 0 Å². The first kappa shape index (κ1) is 19.6. The molecular formula is C24H26N4O3. The van der Waals surface area contributed by atoms with Gasteiger partial charge in [0, 0.05) is 35.1 Å². The molecule has 0 saturated carbocycles. The van der Waals surface area contributed by atoms with Crippen LogP contribution < -0.4 is 14.8 Å². The number of hydrogen-bond acceptors (Lipinski definition) is 6. The van der Waals surface area contributed by atoms with Gasteiger partial charge in [-0.15, -0.1) is 10.2 Å². The highest BCUT2D eigenvalue weighted by Crippen LogP contribution is 2.40. The molecule has 7 heteroatoms. The number of ether oxygens (including phenoxy) is 2. The van der Waals surface area contributed by atoms with E-state index in [-0.39, 0.29) is 0 Å². The summed E-state index contributed by atoms with van der Waals surface area (Å²) in [5.41, 5.74) is 5.37. The molecule has 0 atom stereocenters. The third-order valence-corrected chi connectivity index (χ3v) is 5.91. The van der Waals surface area contributed by atoms with E-state index in [1.54, 1.807) is 14.2 Å².